The Kier molecular flexibility index (Phi) is 10.2. The molecule has 7 nitrogen and oxygen atoms in total. The summed E-state index contributed by atoms with van der Waals surface area (Å²) in [6.45, 7) is 3.97. The molecule has 1 fully saturated rings. The predicted octanol–water partition coefficient (Wildman–Crippen LogP) is 4.69. The Hall–Kier alpha value is -3.01. The molecular weight excluding hydrogens is 512 g/mol. The second-order valence-electron chi connectivity index (χ2n) is 9.96. The van der Waals surface area contributed by atoms with E-state index in [0.29, 0.717) is 6.42 Å². The second kappa shape index (κ2) is 13.2. The number of nitrogens with one attached hydrogen (secondary N) is 1. The Morgan fingerprint density at radius 1 is 1.08 bits per heavy atom. The monoisotopic (exact) mass is 549 g/mol. The van der Waals surface area contributed by atoms with Crippen LogP contribution in [0.2, 0.25) is 0 Å². The summed E-state index contributed by atoms with van der Waals surface area (Å²) >= 11 is 0. The average Bonchev–Trinajstić information content (AvgIpc) is 3.35. The van der Waals surface area contributed by atoms with Crippen molar-refractivity contribution < 1.29 is 26.8 Å². The van der Waals surface area contributed by atoms with E-state index in [-0.39, 0.29) is 49.5 Å². The van der Waals surface area contributed by atoms with Crippen molar-refractivity contribution in [3.05, 3.63) is 65.2 Å². The van der Waals surface area contributed by atoms with Gasteiger partial charge in [-0.2, -0.15) is 0 Å². The van der Waals surface area contributed by atoms with Crippen LogP contribution < -0.4 is 9.62 Å². The van der Waals surface area contributed by atoms with E-state index in [9.17, 15) is 26.8 Å². The number of nitrogens with zero attached hydrogens (tertiary/aromatic N) is 2. The van der Waals surface area contributed by atoms with Crippen molar-refractivity contribution in [1.29, 1.82) is 0 Å². The van der Waals surface area contributed by atoms with Crippen LogP contribution in [-0.4, -0.2) is 50.0 Å². The van der Waals surface area contributed by atoms with Gasteiger partial charge in [0.05, 0.1) is 11.9 Å². The lowest BCUT2D eigenvalue weighted by Gasteiger charge is -2.32. The minimum absolute atomic E-state index is 0.0159. The summed E-state index contributed by atoms with van der Waals surface area (Å²) < 4.78 is 52.9. The van der Waals surface area contributed by atoms with Gasteiger partial charge in [0.15, 0.2) is 11.6 Å². The van der Waals surface area contributed by atoms with Gasteiger partial charge < -0.3 is 10.2 Å². The molecule has 2 aromatic carbocycles. The first-order valence-electron chi connectivity index (χ1n) is 13.1. The highest BCUT2D eigenvalue weighted by molar-refractivity contribution is 7.92. The van der Waals surface area contributed by atoms with Gasteiger partial charge in [-0.25, -0.2) is 17.2 Å². The summed E-state index contributed by atoms with van der Waals surface area (Å²) in [6.07, 6.45) is 5.52. The number of anilines is 1. The molecule has 38 heavy (non-hydrogen) atoms. The molecule has 1 aliphatic rings. The molecule has 2 amide bonds. The van der Waals surface area contributed by atoms with E-state index in [1.807, 2.05) is 38.1 Å². The summed E-state index contributed by atoms with van der Waals surface area (Å²) in [5.74, 6) is -2.69. The van der Waals surface area contributed by atoms with E-state index in [1.165, 1.54) is 6.07 Å². The third-order valence-electron chi connectivity index (χ3n) is 6.87. The summed E-state index contributed by atoms with van der Waals surface area (Å²) in [6, 6.07) is 10.1. The van der Waals surface area contributed by atoms with Crippen LogP contribution in [0.5, 0.6) is 0 Å². The van der Waals surface area contributed by atoms with E-state index in [4.69, 9.17) is 0 Å². The van der Waals surface area contributed by atoms with E-state index in [2.05, 4.69) is 5.32 Å². The van der Waals surface area contributed by atoms with Crippen molar-refractivity contribution in [2.24, 2.45) is 0 Å². The van der Waals surface area contributed by atoms with Gasteiger partial charge in [-0.3, -0.25) is 13.9 Å². The molecule has 1 aliphatic carbocycles. The summed E-state index contributed by atoms with van der Waals surface area (Å²) in [4.78, 5) is 28.3. The number of benzene rings is 2. The van der Waals surface area contributed by atoms with Crippen molar-refractivity contribution >= 4 is 27.5 Å². The highest BCUT2D eigenvalue weighted by Crippen LogP contribution is 2.23. The van der Waals surface area contributed by atoms with E-state index in [1.54, 1.807) is 4.90 Å². The number of hydrogen-bond donors (Lipinski definition) is 1. The number of sulfonamides is 1. The number of carbonyl (C=O) groups is 2. The van der Waals surface area contributed by atoms with Crippen molar-refractivity contribution in [1.82, 2.24) is 10.2 Å². The van der Waals surface area contributed by atoms with Gasteiger partial charge in [-0.15, -0.1) is 0 Å². The number of halogens is 2. The Bertz CT molecular complexity index is 1230. The van der Waals surface area contributed by atoms with Crippen molar-refractivity contribution in [3.8, 4) is 0 Å². The third-order valence-corrected chi connectivity index (χ3v) is 8.06. The SMILES string of the molecule is CC[C@@H](C(=O)NC1CCCC1)N(Cc1cccc(C)c1)C(=O)CCCN(c1ccc(F)c(F)c1)S(C)(=O)=O. The zero-order chi connectivity index (χ0) is 27.9. The zero-order valence-corrected chi connectivity index (χ0v) is 23.1. The van der Waals surface area contributed by atoms with Crippen LogP contribution in [0.25, 0.3) is 0 Å². The summed E-state index contributed by atoms with van der Waals surface area (Å²) in [5, 5.41) is 3.10. The van der Waals surface area contributed by atoms with Crippen molar-refractivity contribution in [2.75, 3.05) is 17.1 Å². The first-order chi connectivity index (χ1) is 18.0. The van der Waals surface area contributed by atoms with Gasteiger partial charge >= 0.3 is 0 Å². The number of hydrogen-bond acceptors (Lipinski definition) is 4. The molecule has 0 unspecified atom stereocenters. The molecule has 0 saturated heterocycles. The molecule has 0 radical (unpaired) electrons. The number of aryl methyl sites for hydroxylation is 1. The molecule has 1 saturated carbocycles. The van der Waals surface area contributed by atoms with Crippen LogP contribution in [0.3, 0.4) is 0 Å². The molecular formula is C28H37F2N3O4S. The molecule has 1 N–H and O–H groups in total. The maximum absolute atomic E-state index is 13.8. The fourth-order valence-electron chi connectivity index (χ4n) is 4.94. The van der Waals surface area contributed by atoms with Crippen LogP contribution in [0, 0.1) is 18.6 Å². The molecule has 1 atom stereocenters. The van der Waals surface area contributed by atoms with E-state index >= 15 is 0 Å². The zero-order valence-electron chi connectivity index (χ0n) is 22.3. The highest BCUT2D eigenvalue weighted by atomic mass is 32.2. The molecule has 10 heteroatoms. The lowest BCUT2D eigenvalue weighted by atomic mass is 10.1. The fourth-order valence-corrected chi connectivity index (χ4v) is 5.90. The Morgan fingerprint density at radius 3 is 2.39 bits per heavy atom. The summed E-state index contributed by atoms with van der Waals surface area (Å²) in [7, 11) is -3.81. The number of amides is 2. The van der Waals surface area contributed by atoms with E-state index < -0.39 is 27.7 Å². The molecule has 0 spiro atoms. The minimum Gasteiger partial charge on any atom is -0.352 e. The van der Waals surface area contributed by atoms with Gasteiger partial charge in [-0.1, -0.05) is 49.6 Å². The molecule has 0 aromatic heterocycles. The molecule has 0 heterocycles. The third kappa shape index (κ3) is 7.99. The van der Waals surface area contributed by atoms with Gasteiger partial charge in [0.2, 0.25) is 21.8 Å². The number of carbonyl (C=O) groups excluding carboxylic acids is 2. The van der Waals surface area contributed by atoms with Crippen LogP contribution in [0.1, 0.15) is 63.0 Å². The summed E-state index contributed by atoms with van der Waals surface area (Å²) in [5.41, 5.74) is 1.91. The lowest BCUT2D eigenvalue weighted by molar-refractivity contribution is -0.141. The molecule has 208 valence electrons. The normalized spacial score (nSPS) is 14.8. The average molecular weight is 550 g/mol. The molecule has 0 bridgehead atoms. The second-order valence-corrected chi connectivity index (χ2v) is 11.9. The minimum atomic E-state index is -3.81. The van der Waals surface area contributed by atoms with Gasteiger partial charge in [-0.05, 0) is 50.3 Å². The molecule has 3 rings (SSSR count). The quantitative estimate of drug-likeness (QED) is 0.416. The molecule has 2 aromatic rings. The van der Waals surface area contributed by atoms with Crippen molar-refractivity contribution in [2.45, 2.75) is 77.4 Å². The van der Waals surface area contributed by atoms with Crippen LogP contribution in [0.15, 0.2) is 42.5 Å². The fraction of sp³-hybridized carbons (Fsp3) is 0.500. The van der Waals surface area contributed by atoms with Crippen molar-refractivity contribution in [3.63, 3.8) is 0 Å². The number of rotatable bonds is 12. The standard InChI is InChI=1S/C28H37F2N3O4S/c1-4-26(28(35)31-22-11-5-6-12-22)32(19-21-10-7-9-20(2)17-21)27(34)13-8-16-33(38(3,36)37)23-14-15-24(29)25(30)18-23/h7,9-10,14-15,17-18,22,26H,4-6,8,11-13,16,19H2,1-3H3,(H,31,35)/t26-/m0/s1. The predicted molar refractivity (Wildman–Crippen MR) is 144 cm³/mol. The first kappa shape index (κ1) is 29.5. The van der Waals surface area contributed by atoms with Crippen LogP contribution in [0.4, 0.5) is 14.5 Å². The largest absolute Gasteiger partial charge is 0.352 e. The highest BCUT2D eigenvalue weighted by Gasteiger charge is 2.30. The lowest BCUT2D eigenvalue weighted by Crippen LogP contribution is -2.51. The van der Waals surface area contributed by atoms with Gasteiger partial charge in [0.25, 0.3) is 0 Å². The van der Waals surface area contributed by atoms with Crippen LogP contribution >= 0.6 is 0 Å². The van der Waals surface area contributed by atoms with Gasteiger partial charge in [0, 0.05) is 31.6 Å². The first-order valence-corrected chi connectivity index (χ1v) is 14.9. The van der Waals surface area contributed by atoms with Gasteiger partial charge in [0.1, 0.15) is 6.04 Å². The van der Waals surface area contributed by atoms with Crippen LogP contribution in [-0.2, 0) is 26.2 Å². The smallest absolute Gasteiger partial charge is 0.243 e. The Labute approximate surface area is 224 Å². The molecule has 0 aliphatic heterocycles. The Balaban J connectivity index is 1.76. The topological polar surface area (TPSA) is 86.8 Å². The van der Waals surface area contributed by atoms with E-state index in [0.717, 1.165) is 59.5 Å². The maximum Gasteiger partial charge on any atom is 0.243 e. The maximum atomic E-state index is 13.8. The Morgan fingerprint density at radius 2 is 1.79 bits per heavy atom.